The molecule has 2 atom stereocenters. The van der Waals surface area contributed by atoms with Gasteiger partial charge in [0.1, 0.15) is 0 Å². The van der Waals surface area contributed by atoms with Crippen molar-refractivity contribution in [1.29, 1.82) is 0 Å². The standard InChI is InChI=1S/2C24H23.C3H4F3.CH3.2ClH.H2Si.Zr/c2*1-16-22(24(2,3)4)15-20-10-7-11-21(23(16)20)19-13-12-17-8-5-6-9-18(17)14-19;1-2-3(4,5)6;;;;;/h2*5-15H,1-4H3;1-2H2;1H3;2*1H;1H2;. The molecule has 0 heterocycles. The molecule has 0 aromatic heterocycles. The van der Waals surface area contributed by atoms with Crippen molar-refractivity contribution >= 4 is 64.4 Å². The molecule has 0 bridgehead atoms. The van der Waals surface area contributed by atoms with Crippen LogP contribution in [-0.4, -0.2) is 13.1 Å². The van der Waals surface area contributed by atoms with Crippen LogP contribution in [-0.2, 0) is 17.4 Å². The predicted molar refractivity (Wildman–Crippen MR) is 253 cm³/mol. The molecule has 0 nitrogen and oxygen atoms in total. The van der Waals surface area contributed by atoms with Crippen LogP contribution in [0.5, 0.6) is 0 Å². The Kier molecular flexibility index (Phi) is 12.0. The first-order chi connectivity index (χ1) is 26.7. The van der Waals surface area contributed by atoms with Crippen molar-refractivity contribution in [3.63, 3.8) is 0 Å². The van der Waals surface area contributed by atoms with Crippen LogP contribution in [0.4, 0.5) is 13.2 Å². The quantitative estimate of drug-likeness (QED) is 0.146. The summed E-state index contributed by atoms with van der Waals surface area (Å²) < 4.78 is 47.4. The van der Waals surface area contributed by atoms with E-state index in [1.165, 1.54) is 77.2 Å². The van der Waals surface area contributed by atoms with Gasteiger partial charge in [-0.2, -0.15) is 0 Å². The fourth-order valence-electron chi connectivity index (χ4n) is 11.4. The second kappa shape index (κ2) is 15.6. The normalized spacial score (nSPS) is 17.2. The SMILES string of the molecule is CC1=C(C(C)(C)C)[CH]([Zr]([CH3])(=[SiH2])([CH2]CC(F)(F)F)[CH]2C(C(C)(C)C)=C(C)c3c(-c4ccc5ccccc5c4)cccc32)c2cccc(-c3ccc4ccccc4c3)c21.Cl.Cl. The van der Waals surface area contributed by atoms with Crippen LogP contribution in [0.1, 0.15) is 91.3 Å². The summed E-state index contributed by atoms with van der Waals surface area (Å²) in [5.74, 6) is 0. The van der Waals surface area contributed by atoms with Crippen LogP contribution in [0.2, 0.25) is 8.76 Å². The van der Waals surface area contributed by atoms with E-state index in [4.69, 9.17) is 0 Å². The fraction of sp³-hybridized carbons (Fsp3) is 0.308. The van der Waals surface area contributed by atoms with Crippen LogP contribution < -0.4 is 0 Å². The molecule has 2 unspecified atom stereocenters. The first-order valence-electron chi connectivity index (χ1n) is 20.5. The molecular weight excluding hydrogens is 872 g/mol. The average Bonchev–Trinajstić information content (AvgIpc) is 3.66. The summed E-state index contributed by atoms with van der Waals surface area (Å²) in [4.78, 5) is 0. The first-order valence-corrected chi connectivity index (χ1v) is 33.4. The van der Waals surface area contributed by atoms with Gasteiger partial charge >= 0.3 is 342 Å². The molecule has 0 amide bonds. The molecule has 2 aliphatic rings. The number of allylic oxidation sites excluding steroid dienone is 4. The Morgan fingerprint density at radius 3 is 1.25 bits per heavy atom. The van der Waals surface area contributed by atoms with Gasteiger partial charge in [-0.05, 0) is 0 Å². The number of alkyl halides is 3. The van der Waals surface area contributed by atoms with Crippen molar-refractivity contribution in [2.24, 2.45) is 10.8 Å². The van der Waals surface area contributed by atoms with Crippen LogP contribution in [0.3, 0.4) is 0 Å². The molecule has 7 heteroatoms. The fourth-order valence-corrected chi connectivity index (χ4v) is 35.4. The number of fused-ring (bicyclic) bond motifs is 4. The number of hydrogen-bond acceptors (Lipinski definition) is 0. The number of benzene rings is 6. The van der Waals surface area contributed by atoms with Crippen molar-refractivity contribution in [2.45, 2.75) is 84.0 Å². The van der Waals surface area contributed by atoms with E-state index >= 15 is 0 Å². The molecule has 0 saturated carbocycles. The van der Waals surface area contributed by atoms with Crippen molar-refractivity contribution in [3.05, 3.63) is 155 Å². The Balaban J connectivity index is 0.00000293. The van der Waals surface area contributed by atoms with Crippen LogP contribution >= 0.6 is 24.8 Å². The van der Waals surface area contributed by atoms with Crippen LogP contribution in [0.25, 0.3) is 54.9 Å². The minimum Gasteiger partial charge on any atom is -0.147 e. The van der Waals surface area contributed by atoms with Gasteiger partial charge in [0, 0.05) is 0 Å². The van der Waals surface area contributed by atoms with Crippen molar-refractivity contribution in [2.75, 3.05) is 0 Å². The predicted octanol–water partition coefficient (Wildman–Crippen LogP) is 16.3. The monoisotopic (exact) mass is 926 g/mol. The molecule has 0 aliphatic heterocycles. The van der Waals surface area contributed by atoms with E-state index in [2.05, 4.69) is 188 Å². The maximum atomic E-state index is 15.0. The molecule has 0 saturated heterocycles. The van der Waals surface area contributed by atoms with Crippen LogP contribution in [0.15, 0.2) is 132 Å². The van der Waals surface area contributed by atoms with Gasteiger partial charge in [0.15, 0.2) is 0 Å². The summed E-state index contributed by atoms with van der Waals surface area (Å²) in [7, 11) is 0. The third kappa shape index (κ3) is 7.70. The van der Waals surface area contributed by atoms with E-state index in [-0.39, 0.29) is 47.0 Å². The number of hydrogen-bond donors (Lipinski definition) is 0. The van der Waals surface area contributed by atoms with E-state index < -0.39 is 30.0 Å². The Hall–Kier alpha value is -3.21. The minimum atomic E-state index is -4.98. The van der Waals surface area contributed by atoms with E-state index in [0.29, 0.717) is 0 Å². The first kappa shape index (κ1) is 45.3. The molecule has 6 aromatic carbocycles. The zero-order valence-electron chi connectivity index (χ0n) is 35.8. The second-order valence-electron chi connectivity index (χ2n) is 19.7. The van der Waals surface area contributed by atoms with E-state index in [1.807, 2.05) is 0 Å². The summed E-state index contributed by atoms with van der Waals surface area (Å²) in [6.45, 7) is 20.3. The van der Waals surface area contributed by atoms with E-state index in [0.717, 1.165) is 11.1 Å². The Morgan fingerprint density at radius 2 is 0.898 bits per heavy atom. The largest absolute Gasteiger partial charge is 0.147 e. The zero-order chi connectivity index (χ0) is 40.9. The molecule has 6 aromatic rings. The summed E-state index contributed by atoms with van der Waals surface area (Å²) in [6, 6.07) is 43.6. The van der Waals surface area contributed by atoms with Gasteiger partial charge in [0.25, 0.3) is 0 Å². The van der Waals surface area contributed by atoms with Gasteiger partial charge in [-0.3, -0.25) is 0 Å². The van der Waals surface area contributed by atoms with Gasteiger partial charge in [-0.25, -0.2) is 0 Å². The summed E-state index contributed by atoms with van der Waals surface area (Å²) in [6.07, 6.45) is -5.03. The molecule has 8 rings (SSSR count). The smallest absolute Gasteiger partial charge is 0.147 e. The maximum absolute atomic E-state index is 15.0. The average molecular weight is 929 g/mol. The van der Waals surface area contributed by atoms with Gasteiger partial charge in [-0.1, -0.05) is 0 Å². The zero-order valence-corrected chi connectivity index (χ0v) is 41.3. The topological polar surface area (TPSA) is 0 Å². The van der Waals surface area contributed by atoms with Gasteiger partial charge in [0.05, 0.1) is 0 Å². The Labute approximate surface area is 364 Å². The maximum Gasteiger partial charge on any atom is -0.147 e. The molecule has 59 heavy (non-hydrogen) atoms. The second-order valence-corrected chi connectivity index (χ2v) is 48.2. The summed E-state index contributed by atoms with van der Waals surface area (Å²) in [5.41, 5.74) is 14.2. The van der Waals surface area contributed by atoms with Gasteiger partial charge in [-0.15, -0.1) is 24.8 Å². The van der Waals surface area contributed by atoms with Crippen molar-refractivity contribution < 1.29 is 30.6 Å². The Bertz CT molecular complexity index is 2590. The number of halogens is 5. The molecule has 308 valence electrons. The van der Waals surface area contributed by atoms with Crippen LogP contribution in [0, 0.1) is 10.8 Å². The molecule has 0 spiro atoms. The van der Waals surface area contributed by atoms with Crippen molar-refractivity contribution in [3.8, 4) is 22.3 Å². The minimum absolute atomic E-state index is 0. The Morgan fingerprint density at radius 1 is 0.525 bits per heavy atom. The number of rotatable bonds is 6. The summed E-state index contributed by atoms with van der Waals surface area (Å²) in [5, 5.41) is 4.75. The van der Waals surface area contributed by atoms with Gasteiger partial charge in [0.2, 0.25) is 0 Å². The molecular formula is C52H57Cl2F3SiZr. The van der Waals surface area contributed by atoms with E-state index in [9.17, 15) is 13.2 Å². The van der Waals surface area contributed by atoms with E-state index in [1.54, 1.807) is 0 Å². The molecule has 0 radical (unpaired) electrons. The third-order valence-electron chi connectivity index (χ3n) is 13.5. The van der Waals surface area contributed by atoms with Gasteiger partial charge < -0.3 is 0 Å². The molecule has 0 fully saturated rings. The molecule has 2 aliphatic carbocycles. The molecule has 0 N–H and O–H groups in total. The summed E-state index contributed by atoms with van der Waals surface area (Å²) >= 11 is -4.98. The third-order valence-corrected chi connectivity index (χ3v) is 36.0. The van der Waals surface area contributed by atoms with Crippen molar-refractivity contribution in [1.82, 2.24) is 0 Å².